The van der Waals surface area contributed by atoms with E-state index in [9.17, 15) is 9.18 Å². The summed E-state index contributed by atoms with van der Waals surface area (Å²) in [7, 11) is 0. The van der Waals surface area contributed by atoms with Crippen LogP contribution in [0.5, 0.6) is 0 Å². The Morgan fingerprint density at radius 1 is 1.42 bits per heavy atom. The van der Waals surface area contributed by atoms with Gasteiger partial charge in [-0.1, -0.05) is 12.1 Å². The van der Waals surface area contributed by atoms with Crippen molar-refractivity contribution in [2.24, 2.45) is 5.92 Å². The molecule has 128 valence electrons. The highest BCUT2D eigenvalue weighted by Gasteiger charge is 2.23. The van der Waals surface area contributed by atoms with Crippen LogP contribution in [0, 0.1) is 11.7 Å². The number of rotatable bonds is 6. The molecule has 1 fully saturated rings. The van der Waals surface area contributed by atoms with Gasteiger partial charge in [0.1, 0.15) is 10.7 Å². The first-order valence-corrected chi connectivity index (χ1v) is 9.03. The molecule has 24 heavy (non-hydrogen) atoms. The Kier molecular flexibility index (Phi) is 5.58. The van der Waals surface area contributed by atoms with E-state index in [1.54, 1.807) is 18.3 Å². The largest absolute Gasteiger partial charge is 0.381 e. The van der Waals surface area contributed by atoms with Crippen LogP contribution in [0.1, 0.15) is 33.6 Å². The molecular formula is C18H21FN2O2S. The zero-order valence-corrected chi connectivity index (χ0v) is 14.5. The number of halogens is 1. The van der Waals surface area contributed by atoms with Gasteiger partial charge in [0.05, 0.1) is 17.8 Å². The summed E-state index contributed by atoms with van der Waals surface area (Å²) < 4.78 is 18.4. The molecule has 2 heterocycles. The number of carbonyl (C=O) groups excluding carboxylic acids is 1. The Morgan fingerprint density at radius 3 is 2.88 bits per heavy atom. The van der Waals surface area contributed by atoms with Gasteiger partial charge in [0.15, 0.2) is 0 Å². The minimum Gasteiger partial charge on any atom is -0.381 e. The van der Waals surface area contributed by atoms with Crippen LogP contribution in [0.15, 0.2) is 30.5 Å². The molecule has 1 aromatic heterocycles. The molecule has 0 bridgehead atoms. The van der Waals surface area contributed by atoms with E-state index in [4.69, 9.17) is 4.74 Å². The van der Waals surface area contributed by atoms with Crippen molar-refractivity contribution in [2.75, 3.05) is 26.3 Å². The smallest absolute Gasteiger partial charge is 0.265 e. The Bertz CT molecular complexity index is 681. The number of ether oxygens (including phenoxy) is 1. The Hall–Kier alpha value is -1.79. The topological polar surface area (TPSA) is 42.4 Å². The first-order chi connectivity index (χ1) is 11.7. The number of carbonyl (C=O) groups is 1. The highest BCUT2D eigenvalue weighted by Crippen LogP contribution is 2.21. The maximum Gasteiger partial charge on any atom is 0.265 e. The molecule has 1 amide bonds. The predicted octanol–water partition coefficient (Wildman–Crippen LogP) is 3.37. The van der Waals surface area contributed by atoms with E-state index in [0.29, 0.717) is 23.8 Å². The zero-order valence-electron chi connectivity index (χ0n) is 13.7. The van der Waals surface area contributed by atoms with Crippen LogP contribution in [-0.4, -0.2) is 42.1 Å². The van der Waals surface area contributed by atoms with Crippen LogP contribution in [0.2, 0.25) is 0 Å². The molecule has 1 aromatic carbocycles. The third kappa shape index (κ3) is 4.19. The Balaban J connectivity index is 1.64. The molecule has 0 radical (unpaired) electrons. The second-order valence-corrected chi connectivity index (χ2v) is 7.11. The lowest BCUT2D eigenvalue weighted by atomic mass is 10.1. The van der Waals surface area contributed by atoms with E-state index < -0.39 is 0 Å². The first-order valence-electron chi connectivity index (χ1n) is 8.22. The average molecular weight is 348 g/mol. The molecule has 0 N–H and O–H groups in total. The van der Waals surface area contributed by atoms with Crippen LogP contribution in [0.25, 0.3) is 0 Å². The summed E-state index contributed by atoms with van der Waals surface area (Å²) in [4.78, 5) is 19.6. The van der Waals surface area contributed by atoms with Crippen molar-refractivity contribution >= 4 is 17.2 Å². The molecule has 0 spiro atoms. The highest BCUT2D eigenvalue weighted by molar-refractivity contribution is 7.13. The summed E-state index contributed by atoms with van der Waals surface area (Å²) in [6.45, 7) is 4.94. The molecule has 1 aliphatic rings. The van der Waals surface area contributed by atoms with Crippen molar-refractivity contribution in [3.63, 3.8) is 0 Å². The fraction of sp³-hybridized carbons (Fsp3) is 0.444. The lowest BCUT2D eigenvalue weighted by Gasteiger charge is -2.22. The van der Waals surface area contributed by atoms with E-state index >= 15 is 0 Å². The molecule has 1 saturated heterocycles. The Labute approximate surface area is 145 Å². The van der Waals surface area contributed by atoms with Gasteiger partial charge in [0, 0.05) is 32.0 Å². The summed E-state index contributed by atoms with van der Waals surface area (Å²) in [5, 5.41) is 0.866. The lowest BCUT2D eigenvalue weighted by Crippen LogP contribution is -2.35. The van der Waals surface area contributed by atoms with Crippen molar-refractivity contribution < 1.29 is 13.9 Å². The molecule has 6 heteroatoms. The fourth-order valence-corrected chi connectivity index (χ4v) is 3.74. The predicted molar refractivity (Wildman–Crippen MR) is 91.8 cm³/mol. The SMILES string of the molecule is CCN(C[C@@H]1CCOC1)C(=O)c1cnc(Cc2ccc(F)cc2)s1. The van der Waals surface area contributed by atoms with Gasteiger partial charge in [-0.05, 0) is 31.0 Å². The van der Waals surface area contributed by atoms with E-state index in [-0.39, 0.29) is 11.7 Å². The number of hydrogen-bond donors (Lipinski definition) is 0. The lowest BCUT2D eigenvalue weighted by molar-refractivity contribution is 0.0735. The monoisotopic (exact) mass is 348 g/mol. The first kappa shape index (κ1) is 17.0. The van der Waals surface area contributed by atoms with Crippen molar-refractivity contribution in [2.45, 2.75) is 19.8 Å². The third-order valence-electron chi connectivity index (χ3n) is 4.20. The molecule has 2 aromatic rings. The normalized spacial score (nSPS) is 17.2. The van der Waals surface area contributed by atoms with Gasteiger partial charge in [0.25, 0.3) is 5.91 Å². The maximum absolute atomic E-state index is 13.0. The van der Waals surface area contributed by atoms with Crippen molar-refractivity contribution in [1.82, 2.24) is 9.88 Å². The summed E-state index contributed by atoms with van der Waals surface area (Å²) in [5.74, 6) is 0.219. The molecule has 3 rings (SSSR count). The number of thiazole rings is 1. The average Bonchev–Trinajstić information content (AvgIpc) is 3.26. The van der Waals surface area contributed by atoms with Gasteiger partial charge in [0.2, 0.25) is 0 Å². The molecule has 1 aliphatic heterocycles. The van der Waals surface area contributed by atoms with Crippen LogP contribution >= 0.6 is 11.3 Å². The molecule has 0 unspecified atom stereocenters. The molecule has 1 atom stereocenters. The van der Waals surface area contributed by atoms with E-state index in [0.717, 1.165) is 36.8 Å². The van der Waals surface area contributed by atoms with E-state index in [2.05, 4.69) is 4.98 Å². The Morgan fingerprint density at radius 2 is 2.21 bits per heavy atom. The van der Waals surface area contributed by atoms with Gasteiger partial charge in [-0.25, -0.2) is 9.37 Å². The van der Waals surface area contributed by atoms with E-state index in [1.165, 1.54) is 23.5 Å². The quantitative estimate of drug-likeness (QED) is 0.804. The maximum atomic E-state index is 13.0. The minimum atomic E-state index is -0.247. The highest BCUT2D eigenvalue weighted by atomic mass is 32.1. The van der Waals surface area contributed by atoms with Gasteiger partial charge in [-0.3, -0.25) is 4.79 Å². The van der Waals surface area contributed by atoms with E-state index in [1.807, 2.05) is 11.8 Å². The standard InChI is InChI=1S/C18H21FN2O2S/c1-2-21(11-14-7-8-23-12-14)18(22)16-10-20-17(24-16)9-13-3-5-15(19)6-4-13/h3-6,10,14H,2,7-9,11-12H2,1H3/t14-/m0/s1. The third-order valence-corrected chi connectivity index (χ3v) is 5.19. The fourth-order valence-electron chi connectivity index (χ4n) is 2.82. The van der Waals surface area contributed by atoms with Crippen LogP contribution in [0.3, 0.4) is 0 Å². The number of hydrogen-bond acceptors (Lipinski definition) is 4. The van der Waals surface area contributed by atoms with Gasteiger partial charge >= 0.3 is 0 Å². The number of aromatic nitrogens is 1. The summed E-state index contributed by atoms with van der Waals surface area (Å²) in [6, 6.07) is 6.38. The summed E-state index contributed by atoms with van der Waals surface area (Å²) in [5.41, 5.74) is 0.986. The van der Waals surface area contributed by atoms with Gasteiger partial charge in [-0.2, -0.15) is 0 Å². The number of amides is 1. The molecule has 0 aliphatic carbocycles. The minimum absolute atomic E-state index is 0.0345. The van der Waals surface area contributed by atoms with Crippen molar-refractivity contribution in [3.8, 4) is 0 Å². The van der Waals surface area contributed by atoms with Crippen LogP contribution < -0.4 is 0 Å². The zero-order chi connectivity index (χ0) is 16.9. The van der Waals surface area contributed by atoms with Crippen molar-refractivity contribution in [3.05, 3.63) is 51.7 Å². The summed E-state index contributed by atoms with van der Waals surface area (Å²) in [6.07, 6.45) is 3.28. The van der Waals surface area contributed by atoms with Crippen LogP contribution in [-0.2, 0) is 11.2 Å². The molecular weight excluding hydrogens is 327 g/mol. The molecule has 0 saturated carbocycles. The number of benzene rings is 1. The second-order valence-electron chi connectivity index (χ2n) is 5.99. The van der Waals surface area contributed by atoms with Gasteiger partial charge in [-0.15, -0.1) is 11.3 Å². The van der Waals surface area contributed by atoms with Gasteiger partial charge < -0.3 is 9.64 Å². The van der Waals surface area contributed by atoms with Crippen LogP contribution in [0.4, 0.5) is 4.39 Å². The second kappa shape index (κ2) is 7.85. The molecule has 4 nitrogen and oxygen atoms in total. The van der Waals surface area contributed by atoms with Crippen molar-refractivity contribution in [1.29, 1.82) is 0 Å². The number of nitrogens with zero attached hydrogens (tertiary/aromatic N) is 2. The summed E-state index contributed by atoms with van der Waals surface area (Å²) >= 11 is 1.41.